The maximum Gasteiger partial charge on any atom is 0.313 e. The predicted molar refractivity (Wildman–Crippen MR) is 271 cm³/mol. The molecule has 0 saturated carbocycles. The number of hydrogen-bond donors (Lipinski definition) is 2. The summed E-state index contributed by atoms with van der Waals surface area (Å²) in [6.45, 7) is 16.2. The molecule has 0 radical (unpaired) electrons. The normalized spacial score (nSPS) is 18.0. The first-order valence-electron chi connectivity index (χ1n) is 24.6. The van der Waals surface area contributed by atoms with Crippen LogP contribution in [0, 0.1) is 37.0 Å². The van der Waals surface area contributed by atoms with Gasteiger partial charge in [-0.2, -0.15) is 0 Å². The summed E-state index contributed by atoms with van der Waals surface area (Å²) in [6, 6.07) is 23.1. The number of carbonyl (C=O) groups is 6. The summed E-state index contributed by atoms with van der Waals surface area (Å²) in [5.41, 5.74) is 2.40. The van der Waals surface area contributed by atoms with Crippen LogP contribution in [0.3, 0.4) is 0 Å². The third-order valence-electron chi connectivity index (χ3n) is 13.0. The van der Waals surface area contributed by atoms with Gasteiger partial charge in [-0.3, -0.25) is 28.8 Å². The number of amides is 2. The van der Waals surface area contributed by atoms with Crippen LogP contribution >= 0.6 is 0 Å². The Bertz CT molecular complexity index is 2220. The predicted octanol–water partition coefficient (Wildman–Crippen LogP) is 7.47. The van der Waals surface area contributed by atoms with Gasteiger partial charge in [-0.15, -0.1) is 0 Å². The molecule has 3 aromatic carbocycles. The van der Waals surface area contributed by atoms with Crippen molar-refractivity contribution in [2.24, 2.45) is 34.7 Å². The molecular weight excluding hydrogens is 889 g/mol. The van der Waals surface area contributed by atoms with E-state index in [2.05, 4.69) is 15.8 Å². The van der Waals surface area contributed by atoms with Crippen molar-refractivity contribution in [1.82, 2.24) is 10.6 Å². The van der Waals surface area contributed by atoms with E-state index in [1.807, 2.05) is 100 Å². The second-order valence-corrected chi connectivity index (χ2v) is 20.4. The summed E-state index contributed by atoms with van der Waals surface area (Å²) in [6.07, 6.45) is 3.23. The lowest BCUT2D eigenvalue weighted by Gasteiger charge is -2.41. The number of quaternary nitrogens is 1. The van der Waals surface area contributed by atoms with E-state index in [0.29, 0.717) is 80.9 Å². The molecule has 0 spiro atoms. The standard InChI is InChI=1S/C55H74N4O10.CH3/c1-37(2)27-47(49(61)32-44(29-41-17-13-10-14-18-41)53(64)58-48(28-38(3)4)51(62)55(7)36-68-55)57-52(63)43(21-19-40-15-11-9-12-16-40)31-46(60)35-59(23-25-67-26-24-59)34-42-20-22-50(69-54(65)39(5)6)45(30-42)33-56-66-8;/h9-18,20,22,30,33,37-39,43-44,47-48H,19,21,23-29,31-32,34-36H2,1-8H3,(H-,57,58,63,64);1H3/q;-1/p+1/b56-33+;/t43-,44-,47+,48+,55-;/m1./s1. The van der Waals surface area contributed by atoms with Crippen LogP contribution in [-0.4, -0.2) is 110 Å². The van der Waals surface area contributed by atoms with E-state index in [9.17, 15) is 28.8 Å². The number of aryl methyl sites for hydroxylation is 1. The topological polar surface area (TPSA) is 179 Å². The Balaban J connectivity index is 0.0000107. The average Bonchev–Trinajstić information content (AvgIpc) is 4.07. The summed E-state index contributed by atoms with van der Waals surface area (Å²) in [4.78, 5) is 89.0. The highest BCUT2D eigenvalue weighted by atomic mass is 16.6. The smallest absolute Gasteiger partial charge is 0.313 e. The summed E-state index contributed by atoms with van der Waals surface area (Å²) in [7, 11) is 1.43. The molecule has 382 valence electrons. The van der Waals surface area contributed by atoms with Crippen LogP contribution in [0.25, 0.3) is 0 Å². The maximum absolute atomic E-state index is 14.6. The Morgan fingerprint density at radius 3 is 1.94 bits per heavy atom. The van der Waals surface area contributed by atoms with Crippen molar-refractivity contribution in [2.45, 2.75) is 118 Å². The zero-order valence-electron chi connectivity index (χ0n) is 43.0. The number of hydrogen-bond acceptors (Lipinski definition) is 11. The van der Waals surface area contributed by atoms with Crippen molar-refractivity contribution in [3.8, 4) is 5.75 Å². The number of epoxide rings is 1. The molecule has 2 aliphatic heterocycles. The zero-order valence-corrected chi connectivity index (χ0v) is 43.0. The van der Waals surface area contributed by atoms with E-state index in [4.69, 9.17) is 19.0 Å². The number of nitrogens with zero attached hydrogens (tertiary/aromatic N) is 2. The molecule has 70 heavy (non-hydrogen) atoms. The van der Waals surface area contributed by atoms with Crippen molar-refractivity contribution in [2.75, 3.05) is 46.6 Å². The fourth-order valence-corrected chi connectivity index (χ4v) is 8.93. The van der Waals surface area contributed by atoms with Crippen LogP contribution in [-0.2, 0) is 62.5 Å². The van der Waals surface area contributed by atoms with Gasteiger partial charge >= 0.3 is 5.97 Å². The molecule has 2 amide bonds. The highest BCUT2D eigenvalue weighted by Gasteiger charge is 2.50. The molecule has 0 aromatic heterocycles. The molecule has 5 atom stereocenters. The number of oxime groups is 1. The Morgan fingerprint density at radius 2 is 1.36 bits per heavy atom. The summed E-state index contributed by atoms with van der Waals surface area (Å²) < 4.78 is 17.3. The number of carbonyl (C=O) groups excluding carboxylic acids is 6. The van der Waals surface area contributed by atoms with Gasteiger partial charge in [0.2, 0.25) is 11.8 Å². The van der Waals surface area contributed by atoms with Crippen molar-refractivity contribution in [3.05, 3.63) is 109 Å². The minimum Gasteiger partial charge on any atom is -0.426 e. The van der Waals surface area contributed by atoms with Crippen molar-refractivity contribution >= 4 is 41.3 Å². The lowest BCUT2D eigenvalue weighted by molar-refractivity contribution is -0.940. The molecule has 3 aromatic rings. The van der Waals surface area contributed by atoms with Crippen LogP contribution in [0.5, 0.6) is 5.75 Å². The molecule has 5 rings (SSSR count). The van der Waals surface area contributed by atoms with Crippen LogP contribution < -0.4 is 15.4 Å². The monoisotopic (exact) mass is 967 g/mol. The molecule has 14 nitrogen and oxygen atoms in total. The van der Waals surface area contributed by atoms with Crippen LogP contribution in [0.15, 0.2) is 84.0 Å². The first-order valence-corrected chi connectivity index (χ1v) is 24.6. The second kappa shape index (κ2) is 27.1. The molecule has 14 heteroatoms. The van der Waals surface area contributed by atoms with Gasteiger partial charge in [-0.05, 0) is 80.2 Å². The number of rotatable bonds is 28. The highest BCUT2D eigenvalue weighted by Crippen LogP contribution is 2.31. The Morgan fingerprint density at radius 1 is 0.771 bits per heavy atom. The number of ketones is 3. The molecule has 2 heterocycles. The van der Waals surface area contributed by atoms with Gasteiger partial charge in [0.15, 0.2) is 17.3 Å². The lowest BCUT2D eigenvalue weighted by atomic mass is 9.87. The molecule has 2 fully saturated rings. The number of Topliss-reactive ketones (excluding diaryl/α,β-unsaturated/α-hetero) is 3. The molecular formula is C56H78N4O10. The van der Waals surface area contributed by atoms with Crippen LogP contribution in [0.4, 0.5) is 0 Å². The van der Waals surface area contributed by atoms with Crippen molar-refractivity contribution in [3.63, 3.8) is 0 Å². The summed E-state index contributed by atoms with van der Waals surface area (Å²) in [5.74, 6) is -3.15. The van der Waals surface area contributed by atoms with Gasteiger partial charge in [0.1, 0.15) is 44.6 Å². The molecule has 2 N–H and O–H groups in total. The van der Waals surface area contributed by atoms with Gasteiger partial charge in [0, 0.05) is 35.8 Å². The Kier molecular flexibility index (Phi) is 22.1. The maximum atomic E-state index is 14.6. The minimum absolute atomic E-state index is 0. The van der Waals surface area contributed by atoms with Crippen LogP contribution in [0.2, 0.25) is 0 Å². The van der Waals surface area contributed by atoms with E-state index < -0.39 is 35.4 Å². The quantitative estimate of drug-likeness (QED) is 0.0141. The van der Waals surface area contributed by atoms with Crippen LogP contribution in [0.1, 0.15) is 103 Å². The van der Waals surface area contributed by atoms with Crippen molar-refractivity contribution < 1.29 is 52.3 Å². The average molecular weight is 967 g/mol. The number of ether oxygens (including phenoxy) is 3. The first kappa shape index (κ1) is 57.0. The fraction of sp³-hybridized carbons (Fsp3) is 0.536. The van der Waals surface area contributed by atoms with Gasteiger partial charge < -0.3 is 41.6 Å². The molecule has 0 aliphatic carbocycles. The largest absolute Gasteiger partial charge is 0.426 e. The van der Waals surface area contributed by atoms with Crippen molar-refractivity contribution in [1.29, 1.82) is 0 Å². The Hall–Kier alpha value is -5.57. The third kappa shape index (κ3) is 17.7. The van der Waals surface area contributed by atoms with E-state index in [1.54, 1.807) is 26.8 Å². The summed E-state index contributed by atoms with van der Waals surface area (Å²) >= 11 is 0. The van der Waals surface area contributed by atoms with E-state index >= 15 is 0 Å². The van der Waals surface area contributed by atoms with Gasteiger partial charge in [-0.25, -0.2) is 0 Å². The van der Waals surface area contributed by atoms with Gasteiger partial charge in [0.25, 0.3) is 0 Å². The number of morpholine rings is 1. The first-order chi connectivity index (χ1) is 32.9. The lowest BCUT2D eigenvalue weighted by Crippen LogP contribution is -2.57. The molecule has 2 saturated heterocycles. The number of nitrogens with one attached hydrogen (secondary N) is 2. The second-order valence-electron chi connectivity index (χ2n) is 20.4. The summed E-state index contributed by atoms with van der Waals surface area (Å²) in [5, 5.41) is 10.0. The van der Waals surface area contributed by atoms with E-state index in [1.165, 1.54) is 13.3 Å². The third-order valence-corrected chi connectivity index (χ3v) is 13.0. The van der Waals surface area contributed by atoms with E-state index in [-0.39, 0.29) is 80.2 Å². The van der Waals surface area contributed by atoms with Gasteiger partial charge in [-0.1, -0.05) is 107 Å². The minimum atomic E-state index is -0.935. The number of esters is 1. The zero-order chi connectivity index (χ0) is 50.1. The van der Waals surface area contributed by atoms with E-state index in [0.717, 1.165) is 16.7 Å². The highest BCUT2D eigenvalue weighted by molar-refractivity contribution is 5.98. The van der Waals surface area contributed by atoms with Gasteiger partial charge in [0.05, 0.1) is 44.0 Å². The molecule has 0 unspecified atom stereocenters. The fourth-order valence-electron chi connectivity index (χ4n) is 8.93. The SMILES string of the molecule is CO/N=C/c1cc(C[N+]2(CC(=O)C[C@@H](CCc3ccccc3)C(=O)N[C@@H](CC(C)C)C(=O)C[C@@H](Cc3ccccc3)C(=O)N[C@@H](CC(C)C)C(=O)[C@@]3(C)CO3)CCOCC2)ccc1OC(=O)C(C)C.[CH3-]. The number of benzene rings is 3. The molecule has 2 aliphatic rings. The molecule has 0 bridgehead atoms. The Labute approximate surface area is 416 Å².